The van der Waals surface area contributed by atoms with Crippen LogP contribution in [0, 0.1) is 0 Å². The first-order chi connectivity index (χ1) is 14.1. The van der Waals surface area contributed by atoms with Crippen molar-refractivity contribution in [3.63, 3.8) is 0 Å². The van der Waals surface area contributed by atoms with Gasteiger partial charge in [-0.25, -0.2) is 4.79 Å². The van der Waals surface area contributed by atoms with Crippen molar-refractivity contribution < 1.29 is 47.2 Å². The largest absolute Gasteiger partial charge is 0.490 e. The highest BCUT2D eigenvalue weighted by Gasteiger charge is 2.38. The van der Waals surface area contributed by atoms with E-state index in [1.807, 2.05) is 30.3 Å². The number of hydrogen-bond acceptors (Lipinski definition) is 7. The second-order valence-corrected chi connectivity index (χ2v) is 7.93. The van der Waals surface area contributed by atoms with Gasteiger partial charge in [-0.2, -0.15) is 13.2 Å². The molecule has 0 aliphatic heterocycles. The Labute approximate surface area is 178 Å². The molecular weight excluding hydrogens is 451 g/mol. The molecular formula is C17H22F3NO7S2. The van der Waals surface area contributed by atoms with E-state index in [0.29, 0.717) is 23.8 Å². The van der Waals surface area contributed by atoms with Crippen LogP contribution in [0.4, 0.5) is 13.2 Å². The maximum atomic E-state index is 12.0. The van der Waals surface area contributed by atoms with Crippen LogP contribution < -0.4 is 10.1 Å². The summed E-state index contributed by atoms with van der Waals surface area (Å²) in [5.41, 5.74) is 0. The molecule has 1 atom stereocenters. The van der Waals surface area contributed by atoms with Crippen LogP contribution in [0.5, 0.6) is 5.75 Å². The van der Waals surface area contributed by atoms with Crippen molar-refractivity contribution in [1.82, 2.24) is 5.32 Å². The number of alkyl halides is 3. The van der Waals surface area contributed by atoms with E-state index < -0.39 is 24.2 Å². The number of nitrogens with one attached hydrogen (secondary N) is 1. The Morgan fingerprint density at radius 2 is 1.67 bits per heavy atom. The van der Waals surface area contributed by atoms with Gasteiger partial charge in [0.1, 0.15) is 12.4 Å². The van der Waals surface area contributed by atoms with Crippen molar-refractivity contribution in [3.05, 3.63) is 30.3 Å². The topological polar surface area (TPSA) is 122 Å². The van der Waals surface area contributed by atoms with E-state index in [4.69, 9.17) is 24.5 Å². The lowest BCUT2D eigenvalue weighted by Crippen LogP contribution is -2.40. The Bertz CT molecular complexity index is 648. The number of hydrogen-bond donors (Lipinski definition) is 3. The molecule has 0 bridgehead atoms. The molecule has 170 valence electrons. The molecule has 0 fully saturated rings. The lowest BCUT2D eigenvalue weighted by Gasteiger charge is -2.16. The Hall–Kier alpha value is -2.12. The second-order valence-electron chi connectivity index (χ2n) is 5.23. The van der Waals surface area contributed by atoms with Gasteiger partial charge in [0.15, 0.2) is 6.10 Å². The number of amides is 1. The molecule has 0 aliphatic rings. The highest BCUT2D eigenvalue weighted by atomic mass is 33.1. The van der Waals surface area contributed by atoms with Crippen molar-refractivity contribution >= 4 is 39.4 Å². The van der Waals surface area contributed by atoms with Gasteiger partial charge < -0.3 is 25.0 Å². The molecule has 0 aliphatic carbocycles. The lowest BCUT2D eigenvalue weighted by atomic mass is 10.3. The van der Waals surface area contributed by atoms with E-state index in [1.54, 1.807) is 0 Å². The highest BCUT2D eigenvalue weighted by Crippen LogP contribution is 2.21. The molecule has 0 heterocycles. The fourth-order valence-corrected chi connectivity index (χ4v) is 3.40. The smallest absolute Gasteiger partial charge is 0.490 e. The van der Waals surface area contributed by atoms with Crippen LogP contribution in [0.25, 0.3) is 0 Å². The summed E-state index contributed by atoms with van der Waals surface area (Å²) >= 11 is 0. The number of methoxy groups -OCH3 is 1. The van der Waals surface area contributed by atoms with Crippen LogP contribution >= 0.6 is 21.6 Å². The Kier molecular flexibility index (Phi) is 14.6. The molecule has 30 heavy (non-hydrogen) atoms. The molecule has 0 radical (unpaired) electrons. The van der Waals surface area contributed by atoms with Crippen molar-refractivity contribution in [3.8, 4) is 5.75 Å². The summed E-state index contributed by atoms with van der Waals surface area (Å²) in [7, 11) is 4.48. The molecule has 0 saturated heterocycles. The summed E-state index contributed by atoms with van der Waals surface area (Å²) in [6.07, 6.45) is -5.60. The predicted octanol–water partition coefficient (Wildman–Crippen LogP) is 2.69. The number of carbonyl (C=O) groups is 3. The zero-order valence-corrected chi connectivity index (χ0v) is 17.5. The van der Waals surface area contributed by atoms with Gasteiger partial charge in [-0.05, 0) is 12.1 Å². The van der Waals surface area contributed by atoms with Gasteiger partial charge >= 0.3 is 18.1 Å². The Morgan fingerprint density at radius 1 is 1.10 bits per heavy atom. The van der Waals surface area contributed by atoms with Crippen LogP contribution in [0.15, 0.2) is 30.3 Å². The lowest BCUT2D eigenvalue weighted by molar-refractivity contribution is -0.192. The van der Waals surface area contributed by atoms with E-state index in [-0.39, 0.29) is 18.9 Å². The number of aliphatic carboxylic acids is 2. The van der Waals surface area contributed by atoms with Crippen LogP contribution in [0.2, 0.25) is 0 Å². The molecule has 8 nitrogen and oxygen atoms in total. The van der Waals surface area contributed by atoms with E-state index >= 15 is 0 Å². The summed E-state index contributed by atoms with van der Waals surface area (Å²) in [4.78, 5) is 31.2. The third kappa shape index (κ3) is 14.8. The highest BCUT2D eigenvalue weighted by molar-refractivity contribution is 8.76. The van der Waals surface area contributed by atoms with Crippen LogP contribution in [-0.2, 0) is 19.1 Å². The maximum Gasteiger partial charge on any atom is 0.490 e. The first kappa shape index (κ1) is 27.9. The SMILES string of the molecule is COC(COc1ccccc1)C(=O)NCCSSCCC(=O)O.O=C(O)C(F)(F)F. The van der Waals surface area contributed by atoms with E-state index in [2.05, 4.69) is 5.32 Å². The first-order valence-corrected chi connectivity index (χ1v) is 10.8. The zero-order valence-electron chi connectivity index (χ0n) is 15.9. The molecule has 0 saturated carbocycles. The number of carbonyl (C=O) groups excluding carboxylic acids is 1. The molecule has 0 spiro atoms. The van der Waals surface area contributed by atoms with E-state index in [1.165, 1.54) is 28.7 Å². The number of carboxylic acids is 2. The van der Waals surface area contributed by atoms with Gasteiger partial charge in [0.2, 0.25) is 0 Å². The van der Waals surface area contributed by atoms with Crippen LogP contribution in [-0.4, -0.2) is 72.1 Å². The third-order valence-electron chi connectivity index (χ3n) is 2.93. The standard InChI is InChI=1S/C15H21NO5S2.C2HF3O2/c1-20-13(11-21-12-5-3-2-4-6-12)15(19)16-8-10-23-22-9-7-14(17)18;3-2(4,5)1(6)7/h2-6,13H,7-11H2,1H3,(H,16,19)(H,17,18);(H,6,7). The molecule has 1 aromatic rings. The van der Waals surface area contributed by atoms with E-state index in [9.17, 15) is 22.8 Å². The molecule has 1 aromatic carbocycles. The molecule has 3 N–H and O–H groups in total. The normalized spacial score (nSPS) is 11.6. The molecule has 0 aromatic heterocycles. The number of benzene rings is 1. The minimum Gasteiger partial charge on any atom is -0.490 e. The van der Waals surface area contributed by atoms with Crippen LogP contribution in [0.1, 0.15) is 6.42 Å². The second kappa shape index (κ2) is 15.7. The van der Waals surface area contributed by atoms with Gasteiger partial charge in [-0.1, -0.05) is 39.8 Å². The van der Waals surface area contributed by atoms with Gasteiger partial charge in [-0.15, -0.1) is 0 Å². The number of halogens is 3. The summed E-state index contributed by atoms with van der Waals surface area (Å²) in [5, 5.41) is 18.4. The molecule has 1 unspecified atom stereocenters. The van der Waals surface area contributed by atoms with Crippen molar-refractivity contribution in [2.45, 2.75) is 18.7 Å². The summed E-state index contributed by atoms with van der Waals surface area (Å²) in [6, 6.07) is 9.23. The van der Waals surface area contributed by atoms with Gasteiger partial charge in [0.05, 0.1) is 6.42 Å². The number of carboxylic acid groups (broad SMARTS) is 2. The Balaban J connectivity index is 0.00000103. The summed E-state index contributed by atoms with van der Waals surface area (Å²) < 4.78 is 42.4. The van der Waals surface area contributed by atoms with E-state index in [0.717, 1.165) is 0 Å². The van der Waals surface area contributed by atoms with Gasteiger partial charge in [0, 0.05) is 25.2 Å². The number of ether oxygens (including phenoxy) is 2. The van der Waals surface area contributed by atoms with Crippen LogP contribution in [0.3, 0.4) is 0 Å². The predicted molar refractivity (Wildman–Crippen MR) is 107 cm³/mol. The van der Waals surface area contributed by atoms with Crippen molar-refractivity contribution in [2.75, 3.05) is 31.8 Å². The monoisotopic (exact) mass is 473 g/mol. The molecule has 1 rings (SSSR count). The minimum absolute atomic E-state index is 0.145. The maximum absolute atomic E-state index is 12.0. The quantitative estimate of drug-likeness (QED) is 0.311. The minimum atomic E-state index is -5.08. The number of para-hydroxylation sites is 1. The summed E-state index contributed by atoms with van der Waals surface area (Å²) in [6.45, 7) is 0.640. The van der Waals surface area contributed by atoms with Gasteiger partial charge in [-0.3, -0.25) is 9.59 Å². The fourth-order valence-electron chi connectivity index (χ4n) is 1.52. The van der Waals surface area contributed by atoms with Crippen molar-refractivity contribution in [1.29, 1.82) is 0 Å². The third-order valence-corrected chi connectivity index (χ3v) is 5.34. The Morgan fingerprint density at radius 3 is 2.17 bits per heavy atom. The zero-order chi connectivity index (χ0) is 23.0. The fraction of sp³-hybridized carbons (Fsp3) is 0.471. The molecule has 13 heteroatoms. The van der Waals surface area contributed by atoms with Crippen molar-refractivity contribution in [2.24, 2.45) is 0 Å². The molecule has 1 amide bonds. The first-order valence-electron chi connectivity index (χ1n) is 8.32. The number of rotatable bonds is 12. The average molecular weight is 473 g/mol. The average Bonchev–Trinajstić information content (AvgIpc) is 2.68. The van der Waals surface area contributed by atoms with Gasteiger partial charge in [0.25, 0.3) is 5.91 Å². The summed E-state index contributed by atoms with van der Waals surface area (Å²) in [5.74, 6) is -1.83.